The zero-order valence-electron chi connectivity index (χ0n) is 9.15. The zero-order chi connectivity index (χ0) is 10.7. The van der Waals surface area contributed by atoms with E-state index in [0.717, 1.165) is 26.1 Å². The SMILES string of the molecule is Cc1ccc(C[C@H]2COCC[C@@H]2S)cc1. The van der Waals surface area contributed by atoms with E-state index in [0.29, 0.717) is 11.2 Å². The third-order valence-corrected chi connectivity index (χ3v) is 3.73. The Hall–Kier alpha value is -0.470. The molecule has 0 bridgehead atoms. The van der Waals surface area contributed by atoms with E-state index < -0.39 is 0 Å². The van der Waals surface area contributed by atoms with E-state index >= 15 is 0 Å². The van der Waals surface area contributed by atoms with Gasteiger partial charge in [-0.05, 0) is 31.2 Å². The maximum atomic E-state index is 5.50. The number of ether oxygens (including phenoxy) is 1. The second-order valence-corrected chi connectivity index (χ2v) is 5.04. The van der Waals surface area contributed by atoms with Gasteiger partial charge in [0.15, 0.2) is 0 Å². The Kier molecular flexibility index (Phi) is 3.71. The van der Waals surface area contributed by atoms with Crippen molar-refractivity contribution in [2.75, 3.05) is 13.2 Å². The summed E-state index contributed by atoms with van der Waals surface area (Å²) in [6.07, 6.45) is 2.17. The highest BCUT2D eigenvalue weighted by Gasteiger charge is 2.22. The van der Waals surface area contributed by atoms with Crippen LogP contribution in [0.3, 0.4) is 0 Å². The van der Waals surface area contributed by atoms with E-state index in [1.807, 2.05) is 0 Å². The van der Waals surface area contributed by atoms with E-state index in [1.165, 1.54) is 11.1 Å². The van der Waals surface area contributed by atoms with Gasteiger partial charge >= 0.3 is 0 Å². The predicted molar refractivity (Wildman–Crippen MR) is 66.6 cm³/mol. The molecule has 1 heterocycles. The summed E-state index contributed by atoms with van der Waals surface area (Å²) in [6.45, 7) is 3.86. The van der Waals surface area contributed by atoms with Crippen LogP contribution >= 0.6 is 12.6 Å². The summed E-state index contributed by atoms with van der Waals surface area (Å²) in [5, 5.41) is 0.500. The van der Waals surface area contributed by atoms with Crippen LogP contribution in [0.15, 0.2) is 24.3 Å². The Morgan fingerprint density at radius 3 is 2.73 bits per heavy atom. The normalized spacial score (nSPS) is 26.5. The summed E-state index contributed by atoms with van der Waals surface area (Å²) in [5.41, 5.74) is 2.72. The van der Waals surface area contributed by atoms with Crippen molar-refractivity contribution in [3.8, 4) is 0 Å². The van der Waals surface area contributed by atoms with Gasteiger partial charge in [0.2, 0.25) is 0 Å². The summed E-state index contributed by atoms with van der Waals surface area (Å²) in [7, 11) is 0. The van der Waals surface area contributed by atoms with Crippen LogP contribution in [0.1, 0.15) is 17.5 Å². The maximum absolute atomic E-state index is 5.50. The molecular weight excluding hydrogens is 204 g/mol. The van der Waals surface area contributed by atoms with Crippen molar-refractivity contribution < 1.29 is 4.74 Å². The van der Waals surface area contributed by atoms with Crippen LogP contribution in [0, 0.1) is 12.8 Å². The third-order valence-electron chi connectivity index (χ3n) is 3.05. The van der Waals surface area contributed by atoms with Gasteiger partial charge in [-0.25, -0.2) is 0 Å². The molecule has 82 valence electrons. The molecule has 2 rings (SSSR count). The molecule has 0 radical (unpaired) electrons. The number of hydrogen-bond acceptors (Lipinski definition) is 2. The minimum absolute atomic E-state index is 0.500. The van der Waals surface area contributed by atoms with Crippen LogP contribution in [-0.2, 0) is 11.2 Å². The number of hydrogen-bond donors (Lipinski definition) is 1. The Morgan fingerprint density at radius 2 is 2.07 bits per heavy atom. The molecule has 0 N–H and O–H groups in total. The smallest absolute Gasteiger partial charge is 0.0507 e. The lowest BCUT2D eigenvalue weighted by Crippen LogP contribution is -2.29. The van der Waals surface area contributed by atoms with Gasteiger partial charge < -0.3 is 4.74 Å². The van der Waals surface area contributed by atoms with Crippen molar-refractivity contribution in [1.82, 2.24) is 0 Å². The molecular formula is C13H18OS. The van der Waals surface area contributed by atoms with Crippen molar-refractivity contribution in [1.29, 1.82) is 0 Å². The van der Waals surface area contributed by atoms with E-state index in [4.69, 9.17) is 4.74 Å². The summed E-state index contributed by atoms with van der Waals surface area (Å²) in [4.78, 5) is 0. The highest BCUT2D eigenvalue weighted by molar-refractivity contribution is 7.81. The quantitative estimate of drug-likeness (QED) is 0.757. The minimum atomic E-state index is 0.500. The first-order valence-corrected chi connectivity index (χ1v) is 6.08. The van der Waals surface area contributed by atoms with E-state index in [9.17, 15) is 0 Å². The zero-order valence-corrected chi connectivity index (χ0v) is 10.0. The molecule has 0 unspecified atom stereocenters. The Balaban J connectivity index is 1.98. The monoisotopic (exact) mass is 222 g/mol. The average molecular weight is 222 g/mol. The topological polar surface area (TPSA) is 9.23 Å². The Labute approximate surface area is 97.2 Å². The molecule has 2 atom stereocenters. The minimum Gasteiger partial charge on any atom is -0.381 e. The summed E-state index contributed by atoms with van der Waals surface area (Å²) in [5.74, 6) is 0.574. The first-order valence-electron chi connectivity index (χ1n) is 5.57. The predicted octanol–water partition coefficient (Wildman–Crippen LogP) is 2.87. The molecule has 0 spiro atoms. The number of benzene rings is 1. The van der Waals surface area contributed by atoms with Gasteiger partial charge in [-0.2, -0.15) is 12.6 Å². The molecule has 1 saturated heterocycles. The Bertz CT molecular complexity index is 307. The first kappa shape index (κ1) is 11.0. The van der Waals surface area contributed by atoms with Crippen LogP contribution in [0.2, 0.25) is 0 Å². The number of thiol groups is 1. The van der Waals surface area contributed by atoms with Crippen molar-refractivity contribution in [2.45, 2.75) is 25.0 Å². The van der Waals surface area contributed by atoms with Gasteiger partial charge in [0.05, 0.1) is 6.61 Å². The fourth-order valence-electron chi connectivity index (χ4n) is 2.01. The van der Waals surface area contributed by atoms with Gasteiger partial charge in [-0.1, -0.05) is 29.8 Å². The van der Waals surface area contributed by atoms with Gasteiger partial charge in [-0.15, -0.1) is 0 Å². The molecule has 1 aromatic carbocycles. The largest absolute Gasteiger partial charge is 0.381 e. The molecule has 2 heteroatoms. The van der Waals surface area contributed by atoms with Crippen LogP contribution in [0.4, 0.5) is 0 Å². The van der Waals surface area contributed by atoms with Crippen molar-refractivity contribution >= 4 is 12.6 Å². The molecule has 1 aliphatic heterocycles. The molecule has 0 saturated carbocycles. The summed E-state index contributed by atoms with van der Waals surface area (Å²) < 4.78 is 5.50. The van der Waals surface area contributed by atoms with Crippen LogP contribution in [0.5, 0.6) is 0 Å². The van der Waals surface area contributed by atoms with Gasteiger partial charge in [0, 0.05) is 11.9 Å². The highest BCUT2D eigenvalue weighted by atomic mass is 32.1. The average Bonchev–Trinajstić information content (AvgIpc) is 2.25. The van der Waals surface area contributed by atoms with Crippen molar-refractivity contribution in [3.05, 3.63) is 35.4 Å². The number of rotatable bonds is 2. The molecule has 1 fully saturated rings. The summed E-state index contributed by atoms with van der Waals surface area (Å²) >= 11 is 4.63. The van der Waals surface area contributed by atoms with E-state index in [2.05, 4.69) is 43.8 Å². The molecule has 1 aromatic rings. The lowest BCUT2D eigenvalue weighted by molar-refractivity contribution is 0.0596. The molecule has 0 aliphatic carbocycles. The van der Waals surface area contributed by atoms with Gasteiger partial charge in [0.25, 0.3) is 0 Å². The maximum Gasteiger partial charge on any atom is 0.0507 e. The van der Waals surface area contributed by atoms with E-state index in [1.54, 1.807) is 0 Å². The van der Waals surface area contributed by atoms with Crippen molar-refractivity contribution in [3.63, 3.8) is 0 Å². The van der Waals surface area contributed by atoms with Gasteiger partial charge in [0.1, 0.15) is 0 Å². The lowest BCUT2D eigenvalue weighted by Gasteiger charge is -2.28. The summed E-state index contributed by atoms with van der Waals surface area (Å²) in [6, 6.07) is 8.77. The van der Waals surface area contributed by atoms with Crippen LogP contribution in [-0.4, -0.2) is 18.5 Å². The van der Waals surface area contributed by atoms with E-state index in [-0.39, 0.29) is 0 Å². The fraction of sp³-hybridized carbons (Fsp3) is 0.538. The molecule has 0 aromatic heterocycles. The Morgan fingerprint density at radius 1 is 1.33 bits per heavy atom. The first-order chi connectivity index (χ1) is 7.25. The van der Waals surface area contributed by atoms with Crippen LogP contribution in [0.25, 0.3) is 0 Å². The molecule has 1 nitrogen and oxygen atoms in total. The number of aryl methyl sites for hydroxylation is 1. The molecule has 1 aliphatic rings. The highest BCUT2D eigenvalue weighted by Crippen LogP contribution is 2.23. The second kappa shape index (κ2) is 5.04. The lowest BCUT2D eigenvalue weighted by atomic mass is 9.93. The second-order valence-electron chi connectivity index (χ2n) is 4.38. The third kappa shape index (κ3) is 2.99. The van der Waals surface area contributed by atoms with Gasteiger partial charge in [-0.3, -0.25) is 0 Å². The standard InChI is InChI=1S/C13H18OS/c1-10-2-4-11(5-3-10)8-12-9-14-7-6-13(12)15/h2-5,12-13,15H,6-9H2,1H3/t12-,13-/m0/s1. The van der Waals surface area contributed by atoms with Crippen molar-refractivity contribution in [2.24, 2.45) is 5.92 Å². The van der Waals surface area contributed by atoms with Crippen LogP contribution < -0.4 is 0 Å². The molecule has 15 heavy (non-hydrogen) atoms. The fourth-order valence-corrected chi connectivity index (χ4v) is 2.30. The molecule has 0 amide bonds.